The summed E-state index contributed by atoms with van der Waals surface area (Å²) in [4.78, 5) is 53.8. The zero-order valence-electron chi connectivity index (χ0n) is 35.3. The number of aryl methyl sites for hydroxylation is 1. The number of aromatic nitrogens is 2. The number of piperidine rings is 1. The van der Waals surface area contributed by atoms with Crippen molar-refractivity contribution in [1.82, 2.24) is 14.9 Å². The highest BCUT2D eigenvalue weighted by Crippen LogP contribution is 2.37. The summed E-state index contributed by atoms with van der Waals surface area (Å²) >= 11 is 2.95. The van der Waals surface area contributed by atoms with Crippen LogP contribution >= 0.6 is 22.7 Å². The largest absolute Gasteiger partial charge is 0.494 e. The number of hydrogen-bond acceptors (Lipinski definition) is 12. The van der Waals surface area contributed by atoms with Crippen LogP contribution in [0.4, 0.5) is 10.3 Å². The highest BCUT2D eigenvalue weighted by atomic mass is 32.1. The molecule has 61 heavy (non-hydrogen) atoms. The molecule has 4 heterocycles. The van der Waals surface area contributed by atoms with Gasteiger partial charge in [0.25, 0.3) is 5.91 Å². The van der Waals surface area contributed by atoms with Crippen molar-refractivity contribution in [3.05, 3.63) is 99.6 Å². The molecular formula is C48H53N5O6S2. The van der Waals surface area contributed by atoms with Gasteiger partial charge in [0.2, 0.25) is 0 Å². The normalized spacial score (nSPS) is 18.1. The number of anilines is 2. The third kappa shape index (κ3) is 10.4. The van der Waals surface area contributed by atoms with Crippen molar-refractivity contribution < 1.29 is 28.6 Å². The Bertz CT molecular complexity index is 2400. The number of amides is 1. The number of hydrogen-bond donors (Lipinski definition) is 1. The van der Waals surface area contributed by atoms with E-state index < -0.39 is 11.6 Å². The number of nitrogens with zero attached hydrogens (tertiary/aromatic N) is 4. The molecule has 1 N–H and O–H groups in total. The van der Waals surface area contributed by atoms with Gasteiger partial charge in [-0.05, 0) is 138 Å². The number of benzene rings is 3. The van der Waals surface area contributed by atoms with Gasteiger partial charge in [-0.15, -0.1) is 11.3 Å². The number of esters is 2. The lowest BCUT2D eigenvalue weighted by atomic mass is 9.76. The number of rotatable bonds is 12. The van der Waals surface area contributed by atoms with Crippen LogP contribution in [0.15, 0.2) is 66.7 Å². The predicted octanol–water partition coefficient (Wildman–Crippen LogP) is 8.94. The van der Waals surface area contributed by atoms with E-state index in [-0.39, 0.29) is 17.8 Å². The van der Waals surface area contributed by atoms with Crippen molar-refractivity contribution in [3.63, 3.8) is 0 Å². The molecule has 8 rings (SSSR count). The number of methoxy groups -OCH3 is 1. The molecule has 0 radical (unpaired) electrons. The first kappa shape index (κ1) is 42.4. The van der Waals surface area contributed by atoms with Gasteiger partial charge >= 0.3 is 11.9 Å². The molecule has 0 atom stereocenters. The average molecular weight is 860 g/mol. The third-order valence-electron chi connectivity index (χ3n) is 11.7. The van der Waals surface area contributed by atoms with Crippen molar-refractivity contribution in [1.29, 1.82) is 0 Å². The van der Waals surface area contributed by atoms with Gasteiger partial charge in [-0.25, -0.2) is 14.8 Å². The number of likely N-dealkylation sites (tertiary alicyclic amines) is 1. The molecule has 0 bridgehead atoms. The Labute approximate surface area is 365 Å². The van der Waals surface area contributed by atoms with Crippen molar-refractivity contribution in [2.75, 3.05) is 43.6 Å². The minimum Gasteiger partial charge on any atom is -0.494 e. The SMILES string of the molecule is COC(=O)c1nc(N2CCc3cccc(C(=O)Nc4nc5ccccc5s4)c3C2)sc1CCCOc1ccc(C#CCC2CC(N3CCC(C(=O)OC(C)(C)C)CC3)C2)cc1. The van der Waals surface area contributed by atoms with Crippen LogP contribution in [0, 0.1) is 23.7 Å². The minimum atomic E-state index is -0.461. The molecule has 1 amide bonds. The highest BCUT2D eigenvalue weighted by molar-refractivity contribution is 7.22. The van der Waals surface area contributed by atoms with Crippen LogP contribution in [0.1, 0.15) is 102 Å². The van der Waals surface area contributed by atoms with Gasteiger partial charge in [0.1, 0.15) is 11.4 Å². The van der Waals surface area contributed by atoms with Crippen LogP contribution in [0.5, 0.6) is 5.75 Å². The van der Waals surface area contributed by atoms with E-state index in [4.69, 9.17) is 19.2 Å². The summed E-state index contributed by atoms with van der Waals surface area (Å²) < 4.78 is 17.8. The fourth-order valence-electron chi connectivity index (χ4n) is 8.35. The van der Waals surface area contributed by atoms with Gasteiger partial charge in [-0.3, -0.25) is 14.9 Å². The number of nitrogens with one attached hydrogen (secondary N) is 1. The van der Waals surface area contributed by atoms with Crippen LogP contribution in [-0.2, 0) is 33.7 Å². The number of carbonyl (C=O) groups excluding carboxylic acids is 3. The van der Waals surface area contributed by atoms with Crippen molar-refractivity contribution >= 4 is 61.0 Å². The smallest absolute Gasteiger partial charge is 0.357 e. The van der Waals surface area contributed by atoms with Gasteiger partial charge in [-0.2, -0.15) is 0 Å². The molecule has 2 fully saturated rings. The summed E-state index contributed by atoms with van der Waals surface area (Å²) in [6, 6.07) is 22.2. The lowest BCUT2D eigenvalue weighted by Gasteiger charge is -2.45. The van der Waals surface area contributed by atoms with Crippen molar-refractivity contribution in [2.24, 2.45) is 11.8 Å². The average Bonchev–Trinajstić information content (AvgIpc) is 3.86. The maximum absolute atomic E-state index is 13.6. The fourth-order valence-corrected chi connectivity index (χ4v) is 10.3. The van der Waals surface area contributed by atoms with Crippen LogP contribution in [-0.4, -0.2) is 77.7 Å². The fraction of sp³-hybridized carbons (Fsp3) is 0.438. The Balaban J connectivity index is 0.793. The van der Waals surface area contributed by atoms with Gasteiger partial charge in [0.15, 0.2) is 16.0 Å². The van der Waals surface area contributed by atoms with Gasteiger partial charge in [-0.1, -0.05) is 47.4 Å². The van der Waals surface area contributed by atoms with E-state index in [1.165, 1.54) is 42.6 Å². The molecule has 3 aromatic carbocycles. The molecule has 0 unspecified atom stereocenters. The molecule has 1 saturated carbocycles. The van der Waals surface area contributed by atoms with Crippen LogP contribution in [0.3, 0.4) is 0 Å². The lowest BCUT2D eigenvalue weighted by molar-refractivity contribution is -0.162. The summed E-state index contributed by atoms with van der Waals surface area (Å²) in [5, 5.41) is 4.31. The second kappa shape index (κ2) is 18.8. The standard InChI is InChI=1S/C48H53N5O6S2/c1-48(2,3)59-44(55)34-22-24-52(25-23-34)35-28-32(29-35)11-7-10-31-17-19-36(20-18-31)58-27-9-16-41-42(45(56)57-4)50-47(61-41)53-26-21-33-12-8-13-37(38(33)30-53)43(54)51-46-49-39-14-5-6-15-40(39)60-46/h5-6,8,12-15,17-20,32,34-35H,9,11,16,21-30H2,1-4H3,(H,49,51,54). The number of para-hydroxylation sites is 1. The second-order valence-corrected chi connectivity index (χ2v) is 19.2. The first-order chi connectivity index (χ1) is 29.5. The Morgan fingerprint density at radius 1 is 0.934 bits per heavy atom. The summed E-state index contributed by atoms with van der Waals surface area (Å²) in [6.45, 7) is 9.41. The number of thiazole rings is 2. The Morgan fingerprint density at radius 2 is 1.72 bits per heavy atom. The summed E-state index contributed by atoms with van der Waals surface area (Å²) in [7, 11) is 1.38. The maximum atomic E-state index is 13.6. The molecule has 13 heteroatoms. The molecule has 3 aliphatic rings. The van der Waals surface area contributed by atoms with E-state index in [1.807, 2.05) is 81.4 Å². The number of fused-ring (bicyclic) bond motifs is 2. The van der Waals surface area contributed by atoms with Gasteiger partial charge < -0.3 is 24.0 Å². The van der Waals surface area contributed by atoms with Crippen LogP contribution in [0.25, 0.3) is 10.2 Å². The zero-order valence-corrected chi connectivity index (χ0v) is 37.0. The Morgan fingerprint density at radius 3 is 2.48 bits per heavy atom. The van der Waals surface area contributed by atoms with Crippen LogP contribution in [0.2, 0.25) is 0 Å². The first-order valence-corrected chi connectivity index (χ1v) is 22.9. The number of ether oxygens (including phenoxy) is 3. The molecular weight excluding hydrogens is 807 g/mol. The molecule has 5 aromatic rings. The van der Waals surface area contributed by atoms with E-state index >= 15 is 0 Å². The summed E-state index contributed by atoms with van der Waals surface area (Å²) in [5.41, 5.74) is 4.41. The van der Waals surface area contributed by atoms with E-state index in [2.05, 4.69) is 38.0 Å². The van der Waals surface area contributed by atoms with E-state index in [9.17, 15) is 14.4 Å². The van der Waals surface area contributed by atoms with Crippen molar-refractivity contribution in [3.8, 4) is 17.6 Å². The third-order valence-corrected chi connectivity index (χ3v) is 13.8. The first-order valence-electron chi connectivity index (χ1n) is 21.3. The summed E-state index contributed by atoms with van der Waals surface area (Å²) in [5.74, 6) is 7.44. The Hall–Kier alpha value is -5.29. The Kier molecular flexibility index (Phi) is 13.0. The molecule has 2 aromatic heterocycles. The zero-order chi connectivity index (χ0) is 42.5. The number of carbonyl (C=O) groups is 3. The predicted molar refractivity (Wildman–Crippen MR) is 241 cm³/mol. The molecule has 318 valence electrons. The molecule has 0 spiro atoms. The highest BCUT2D eigenvalue weighted by Gasteiger charge is 2.37. The monoisotopic (exact) mass is 859 g/mol. The molecule has 2 aliphatic heterocycles. The topological polar surface area (TPSA) is 123 Å². The van der Waals surface area contributed by atoms with Gasteiger partial charge in [0.05, 0.1) is 29.9 Å². The molecule has 11 nitrogen and oxygen atoms in total. The van der Waals surface area contributed by atoms with E-state index in [1.54, 1.807) is 0 Å². The summed E-state index contributed by atoms with van der Waals surface area (Å²) in [6.07, 6.45) is 7.05. The minimum absolute atomic E-state index is 0.0230. The van der Waals surface area contributed by atoms with E-state index in [0.29, 0.717) is 60.9 Å². The maximum Gasteiger partial charge on any atom is 0.357 e. The molecule has 1 saturated heterocycles. The lowest BCUT2D eigenvalue weighted by Crippen LogP contribution is -2.49. The van der Waals surface area contributed by atoms with Gasteiger partial charge in [0, 0.05) is 41.6 Å². The second-order valence-electron chi connectivity index (χ2n) is 17.1. The molecule has 1 aliphatic carbocycles. The quantitative estimate of drug-likeness (QED) is 0.0739. The van der Waals surface area contributed by atoms with E-state index in [0.717, 1.165) is 81.4 Å². The van der Waals surface area contributed by atoms with Crippen molar-refractivity contribution in [2.45, 2.75) is 90.3 Å². The van der Waals surface area contributed by atoms with Crippen LogP contribution < -0.4 is 15.0 Å².